The van der Waals surface area contributed by atoms with Crippen LogP contribution in [0.3, 0.4) is 0 Å². The van der Waals surface area contributed by atoms with Crippen LogP contribution in [0.5, 0.6) is 11.5 Å². The van der Waals surface area contributed by atoms with Crippen LogP contribution in [0.15, 0.2) is 53.9 Å². The molecule has 0 radical (unpaired) electrons. The van der Waals surface area contributed by atoms with E-state index in [0.717, 1.165) is 35.3 Å². The molecule has 7 heteroatoms. The van der Waals surface area contributed by atoms with Crippen molar-refractivity contribution in [2.75, 3.05) is 31.6 Å². The van der Waals surface area contributed by atoms with Crippen LogP contribution in [0.2, 0.25) is 0 Å². The number of hydrogen-bond donors (Lipinski definition) is 0. The summed E-state index contributed by atoms with van der Waals surface area (Å²) in [6.45, 7) is 6.65. The molecule has 1 amide bonds. The third-order valence-corrected chi connectivity index (χ3v) is 6.11. The van der Waals surface area contributed by atoms with E-state index in [4.69, 9.17) is 9.47 Å². The van der Waals surface area contributed by atoms with Crippen molar-refractivity contribution in [1.82, 2.24) is 9.88 Å². The lowest BCUT2D eigenvalue weighted by Gasteiger charge is -2.37. The van der Waals surface area contributed by atoms with Gasteiger partial charge in [0.05, 0.1) is 18.8 Å². The van der Waals surface area contributed by atoms with E-state index in [1.165, 1.54) is 16.9 Å². The molecular formula is C24H27N3O3S. The number of anilines is 1. The monoisotopic (exact) mass is 437 g/mol. The van der Waals surface area contributed by atoms with Crippen LogP contribution in [0.1, 0.15) is 28.0 Å². The van der Waals surface area contributed by atoms with Gasteiger partial charge in [-0.1, -0.05) is 29.8 Å². The van der Waals surface area contributed by atoms with Gasteiger partial charge in [-0.05, 0) is 38.1 Å². The number of carbonyl (C=O) groups is 1. The van der Waals surface area contributed by atoms with Gasteiger partial charge in [-0.25, -0.2) is 4.98 Å². The number of amides is 1. The van der Waals surface area contributed by atoms with Crippen molar-refractivity contribution in [2.24, 2.45) is 0 Å². The summed E-state index contributed by atoms with van der Waals surface area (Å²) in [4.78, 5) is 21.3. The minimum atomic E-state index is -0.108. The van der Waals surface area contributed by atoms with Gasteiger partial charge in [0, 0.05) is 19.0 Å². The fraction of sp³-hybridized carbons (Fsp3) is 0.333. The van der Waals surface area contributed by atoms with E-state index < -0.39 is 0 Å². The molecule has 1 aliphatic heterocycles. The highest BCUT2D eigenvalue weighted by Gasteiger charge is 2.27. The minimum absolute atomic E-state index is 0.0909. The van der Waals surface area contributed by atoms with E-state index in [1.54, 1.807) is 17.3 Å². The average molecular weight is 438 g/mol. The molecule has 3 aromatic rings. The second-order valence-corrected chi connectivity index (χ2v) is 8.60. The average Bonchev–Trinajstić information content (AvgIpc) is 3.26. The molecule has 4 rings (SSSR count). The summed E-state index contributed by atoms with van der Waals surface area (Å²) in [5, 5.41) is 2.57. The Morgan fingerprint density at radius 1 is 1.26 bits per heavy atom. The van der Waals surface area contributed by atoms with Gasteiger partial charge in [0.1, 0.15) is 34.9 Å². The second kappa shape index (κ2) is 9.39. The van der Waals surface area contributed by atoms with Gasteiger partial charge >= 0.3 is 0 Å². The molecule has 0 fully saturated rings. The van der Waals surface area contributed by atoms with Crippen molar-refractivity contribution in [3.8, 4) is 11.5 Å². The van der Waals surface area contributed by atoms with E-state index in [2.05, 4.69) is 22.9 Å². The van der Waals surface area contributed by atoms with Crippen molar-refractivity contribution < 1.29 is 14.3 Å². The van der Waals surface area contributed by atoms with Gasteiger partial charge in [0.15, 0.2) is 0 Å². The number of benzene rings is 2. The van der Waals surface area contributed by atoms with E-state index in [1.807, 2.05) is 49.4 Å². The SMILES string of the molecule is CCN1CC(CN(C)C(=O)c2csc(COc3ccc(C)cc3)n2)Oc2ccccc21. The molecule has 1 atom stereocenters. The molecular weight excluding hydrogens is 410 g/mol. The van der Waals surface area contributed by atoms with Gasteiger partial charge in [-0.2, -0.15) is 0 Å². The number of rotatable bonds is 7. The summed E-state index contributed by atoms with van der Waals surface area (Å²) in [6.07, 6.45) is -0.0909. The largest absolute Gasteiger partial charge is 0.486 e. The fourth-order valence-corrected chi connectivity index (χ4v) is 4.29. The first-order valence-corrected chi connectivity index (χ1v) is 11.3. The first kappa shape index (κ1) is 21.2. The van der Waals surface area contributed by atoms with Crippen molar-refractivity contribution >= 4 is 22.9 Å². The highest BCUT2D eigenvalue weighted by molar-refractivity contribution is 7.09. The van der Waals surface area contributed by atoms with Crippen LogP contribution in [-0.4, -0.2) is 48.6 Å². The zero-order valence-electron chi connectivity index (χ0n) is 18.1. The molecule has 1 aliphatic rings. The molecule has 0 aliphatic carbocycles. The summed E-state index contributed by atoms with van der Waals surface area (Å²) >= 11 is 1.44. The number of fused-ring (bicyclic) bond motifs is 1. The third kappa shape index (κ3) is 4.99. The zero-order chi connectivity index (χ0) is 21.8. The summed E-state index contributed by atoms with van der Waals surface area (Å²) in [7, 11) is 1.80. The highest BCUT2D eigenvalue weighted by atomic mass is 32.1. The Hall–Kier alpha value is -3.06. The van der Waals surface area contributed by atoms with E-state index in [9.17, 15) is 4.79 Å². The van der Waals surface area contributed by atoms with Crippen LogP contribution in [0, 0.1) is 6.92 Å². The maximum absolute atomic E-state index is 12.9. The molecule has 0 spiro atoms. The number of hydrogen-bond acceptors (Lipinski definition) is 6. The molecule has 0 saturated carbocycles. The van der Waals surface area contributed by atoms with Crippen LogP contribution in [0.25, 0.3) is 0 Å². The summed E-state index contributed by atoms with van der Waals surface area (Å²) in [5.41, 5.74) is 2.73. The Kier molecular flexibility index (Phi) is 6.42. The molecule has 162 valence electrons. The third-order valence-electron chi connectivity index (χ3n) is 5.28. The summed E-state index contributed by atoms with van der Waals surface area (Å²) < 4.78 is 11.9. The normalized spacial score (nSPS) is 15.2. The number of para-hydroxylation sites is 2. The number of ether oxygens (including phenoxy) is 2. The number of nitrogens with zero attached hydrogens (tertiary/aromatic N) is 3. The van der Waals surface area contributed by atoms with E-state index >= 15 is 0 Å². The molecule has 31 heavy (non-hydrogen) atoms. The number of aryl methyl sites for hydroxylation is 1. The van der Waals surface area contributed by atoms with Crippen LogP contribution >= 0.6 is 11.3 Å². The molecule has 2 heterocycles. The molecule has 0 saturated heterocycles. The molecule has 0 bridgehead atoms. The first-order chi connectivity index (χ1) is 15.0. The van der Waals surface area contributed by atoms with Crippen LogP contribution in [0.4, 0.5) is 5.69 Å². The van der Waals surface area contributed by atoms with E-state index in [0.29, 0.717) is 18.8 Å². The van der Waals surface area contributed by atoms with E-state index in [-0.39, 0.29) is 12.0 Å². The van der Waals surface area contributed by atoms with Gasteiger partial charge < -0.3 is 19.3 Å². The second-order valence-electron chi connectivity index (χ2n) is 7.66. The highest BCUT2D eigenvalue weighted by Crippen LogP contribution is 2.33. The Labute approximate surface area is 187 Å². The lowest BCUT2D eigenvalue weighted by molar-refractivity contribution is 0.0704. The van der Waals surface area contributed by atoms with Gasteiger partial charge in [0.25, 0.3) is 5.91 Å². The molecule has 0 N–H and O–H groups in total. The van der Waals surface area contributed by atoms with Crippen LogP contribution < -0.4 is 14.4 Å². The van der Waals surface area contributed by atoms with Gasteiger partial charge in [0.2, 0.25) is 0 Å². The van der Waals surface area contributed by atoms with Crippen LogP contribution in [-0.2, 0) is 6.61 Å². The van der Waals surface area contributed by atoms with Crippen molar-refractivity contribution in [1.29, 1.82) is 0 Å². The maximum atomic E-state index is 12.9. The molecule has 1 aromatic heterocycles. The molecule has 2 aromatic carbocycles. The Bertz CT molecular complexity index is 1030. The van der Waals surface area contributed by atoms with Gasteiger partial charge in [-0.15, -0.1) is 11.3 Å². The predicted octanol–water partition coefficient (Wildman–Crippen LogP) is 4.39. The number of likely N-dealkylation sites (N-methyl/N-ethyl adjacent to an activating group) is 2. The Morgan fingerprint density at radius 3 is 2.81 bits per heavy atom. The summed E-state index contributed by atoms with van der Waals surface area (Å²) in [5.74, 6) is 1.55. The standard InChI is InChI=1S/C24H27N3O3S/c1-4-27-14-19(30-22-8-6-5-7-21(22)27)13-26(3)24(28)20-16-31-23(25-20)15-29-18-11-9-17(2)10-12-18/h5-12,16,19H,4,13-15H2,1-3H3. The smallest absolute Gasteiger partial charge is 0.273 e. The van der Waals surface area contributed by atoms with Crippen molar-refractivity contribution in [3.63, 3.8) is 0 Å². The fourth-order valence-electron chi connectivity index (χ4n) is 3.61. The summed E-state index contributed by atoms with van der Waals surface area (Å²) in [6, 6.07) is 15.9. The molecule has 1 unspecified atom stereocenters. The number of thiazole rings is 1. The topological polar surface area (TPSA) is 54.9 Å². The first-order valence-electron chi connectivity index (χ1n) is 10.4. The molecule has 6 nitrogen and oxygen atoms in total. The predicted molar refractivity (Wildman–Crippen MR) is 123 cm³/mol. The number of aromatic nitrogens is 1. The van der Waals surface area contributed by atoms with Crippen molar-refractivity contribution in [3.05, 3.63) is 70.2 Å². The maximum Gasteiger partial charge on any atom is 0.273 e. The zero-order valence-corrected chi connectivity index (χ0v) is 18.9. The van der Waals surface area contributed by atoms with Crippen molar-refractivity contribution in [2.45, 2.75) is 26.6 Å². The lowest BCUT2D eigenvalue weighted by Crippen LogP contribution is -2.46. The Morgan fingerprint density at radius 2 is 2.03 bits per heavy atom. The Balaban J connectivity index is 1.35. The minimum Gasteiger partial charge on any atom is -0.486 e. The lowest BCUT2D eigenvalue weighted by atomic mass is 10.2. The quantitative estimate of drug-likeness (QED) is 0.549. The van der Waals surface area contributed by atoms with Gasteiger partial charge in [-0.3, -0.25) is 4.79 Å². The number of carbonyl (C=O) groups excluding carboxylic acids is 1.